The van der Waals surface area contributed by atoms with Crippen molar-refractivity contribution < 1.29 is 37.1 Å². The smallest absolute Gasteiger partial charge is 0.264 e. The second-order valence-corrected chi connectivity index (χ2v) is 20.1. The molecule has 4 amide bonds. The Kier molecular flexibility index (Phi) is 13.9. The third kappa shape index (κ3) is 10.1. The molecule has 4 fully saturated rings. The summed E-state index contributed by atoms with van der Waals surface area (Å²) in [4.78, 5) is 63.4. The molecule has 5 heterocycles. The first-order chi connectivity index (χ1) is 30.4. The Labute approximate surface area is 371 Å². The molecule has 63 heavy (non-hydrogen) atoms. The molecule has 5 aliphatic rings. The van der Waals surface area contributed by atoms with Gasteiger partial charge >= 0.3 is 0 Å². The van der Waals surface area contributed by atoms with Crippen LogP contribution < -0.4 is 19.7 Å². The highest BCUT2D eigenvalue weighted by molar-refractivity contribution is 7.90. The molecule has 1 unspecified atom stereocenters. The van der Waals surface area contributed by atoms with Crippen LogP contribution in [-0.4, -0.2) is 149 Å². The lowest BCUT2D eigenvalue weighted by molar-refractivity contribution is -0.134. The lowest BCUT2D eigenvalue weighted by atomic mass is 9.86. The van der Waals surface area contributed by atoms with E-state index in [4.69, 9.17) is 9.47 Å². The standard InChI is InChI=1S/C48H62N6O8S/c1-4-62-43-31-36(13-15-42(43)61-2)41(32-63(3,59)60)54-47(57)39-7-5-8-40(45(39)48(54)58)53-29-27-52(28-30-53)37-19-25-51(26-20-37)22-6-21-50-23-17-34(18-24-50)33-9-11-35(12-10-33)38-14-16-44(55)49-46(38)56/h5,7-13,15,31,34,37-38,41H,4,6,14,16-30,32H2,1-3H3,(H,49,55,56)/t38?,41-/m1/s1. The van der Waals surface area contributed by atoms with Crippen LogP contribution in [0.3, 0.4) is 0 Å². The van der Waals surface area contributed by atoms with Crippen LogP contribution in [0.15, 0.2) is 60.7 Å². The number of hydrogen-bond acceptors (Lipinski definition) is 12. The van der Waals surface area contributed by atoms with E-state index in [0.717, 1.165) is 120 Å². The first kappa shape index (κ1) is 44.8. The number of amides is 4. The summed E-state index contributed by atoms with van der Waals surface area (Å²) in [7, 11) is -2.09. The first-order valence-corrected chi connectivity index (χ1v) is 24.8. The van der Waals surface area contributed by atoms with E-state index in [0.29, 0.717) is 59.6 Å². The average Bonchev–Trinajstić information content (AvgIpc) is 3.54. The Balaban J connectivity index is 0.792. The van der Waals surface area contributed by atoms with Gasteiger partial charge in [0.05, 0.1) is 48.2 Å². The molecule has 5 aliphatic heterocycles. The Morgan fingerprint density at radius 3 is 2.06 bits per heavy atom. The molecule has 4 saturated heterocycles. The van der Waals surface area contributed by atoms with Crippen LogP contribution in [0.25, 0.3) is 0 Å². The number of imide groups is 2. The Morgan fingerprint density at radius 1 is 0.762 bits per heavy atom. The number of ether oxygens (including phenoxy) is 2. The number of benzene rings is 3. The van der Waals surface area contributed by atoms with Gasteiger partial charge in [-0.3, -0.25) is 34.3 Å². The summed E-state index contributed by atoms with van der Waals surface area (Å²) in [5.41, 5.74) is 4.17. The van der Waals surface area contributed by atoms with E-state index in [1.807, 2.05) is 19.1 Å². The number of likely N-dealkylation sites (tertiary alicyclic amines) is 2. The summed E-state index contributed by atoms with van der Waals surface area (Å²) in [6, 6.07) is 18.4. The van der Waals surface area contributed by atoms with Crippen molar-refractivity contribution in [2.75, 3.05) is 96.1 Å². The maximum atomic E-state index is 14.3. The van der Waals surface area contributed by atoms with E-state index in [-0.39, 0.29) is 17.7 Å². The van der Waals surface area contributed by atoms with Gasteiger partial charge in [-0.05, 0) is 132 Å². The SMILES string of the molecule is CCOc1cc([C@@H](CS(C)(=O)=O)N2C(=O)c3cccc(N4CCN(C5CCN(CCCN6CCC(c7ccc(C8CCC(=O)NC8=O)cc7)CC6)CC5)CC4)c3C2=O)ccc1OC. The minimum absolute atomic E-state index is 0.178. The lowest BCUT2D eigenvalue weighted by Gasteiger charge is -2.43. The van der Waals surface area contributed by atoms with E-state index in [9.17, 15) is 27.6 Å². The number of piperidine rings is 3. The highest BCUT2D eigenvalue weighted by Crippen LogP contribution is 2.40. The largest absolute Gasteiger partial charge is 0.493 e. The summed E-state index contributed by atoms with van der Waals surface area (Å²) in [6.07, 6.45) is 7.81. The van der Waals surface area contributed by atoms with Gasteiger partial charge in [-0.25, -0.2) is 8.42 Å². The second kappa shape index (κ2) is 19.5. The highest BCUT2D eigenvalue weighted by Gasteiger charge is 2.44. The molecule has 14 nitrogen and oxygen atoms in total. The second-order valence-electron chi connectivity index (χ2n) is 17.9. The molecular weight excluding hydrogens is 821 g/mol. The number of fused-ring (bicyclic) bond motifs is 1. The van der Waals surface area contributed by atoms with Gasteiger partial charge in [0.2, 0.25) is 11.8 Å². The van der Waals surface area contributed by atoms with Crippen LogP contribution in [-0.2, 0) is 19.4 Å². The zero-order valence-electron chi connectivity index (χ0n) is 36.9. The van der Waals surface area contributed by atoms with Gasteiger partial charge in [0.1, 0.15) is 9.84 Å². The van der Waals surface area contributed by atoms with Gasteiger partial charge in [-0.2, -0.15) is 0 Å². The van der Waals surface area contributed by atoms with E-state index < -0.39 is 33.4 Å². The minimum Gasteiger partial charge on any atom is -0.493 e. The summed E-state index contributed by atoms with van der Waals surface area (Å²) in [5, 5.41) is 2.47. The average molecular weight is 883 g/mol. The molecule has 3 aromatic carbocycles. The molecule has 0 saturated carbocycles. The molecule has 0 aliphatic carbocycles. The Morgan fingerprint density at radius 2 is 1.43 bits per heavy atom. The van der Waals surface area contributed by atoms with Crippen molar-refractivity contribution in [2.24, 2.45) is 0 Å². The first-order valence-electron chi connectivity index (χ1n) is 22.8. The highest BCUT2D eigenvalue weighted by atomic mass is 32.2. The molecule has 0 radical (unpaired) electrons. The van der Waals surface area contributed by atoms with E-state index in [1.165, 1.54) is 12.7 Å². The van der Waals surface area contributed by atoms with Crippen LogP contribution in [0.2, 0.25) is 0 Å². The number of piperazine rings is 1. The van der Waals surface area contributed by atoms with Crippen LogP contribution >= 0.6 is 0 Å². The van der Waals surface area contributed by atoms with Crippen molar-refractivity contribution in [3.05, 3.63) is 88.5 Å². The zero-order chi connectivity index (χ0) is 44.3. The van der Waals surface area contributed by atoms with Gasteiger partial charge in [0.25, 0.3) is 11.8 Å². The third-order valence-electron chi connectivity index (χ3n) is 13.9. The van der Waals surface area contributed by atoms with Crippen molar-refractivity contribution in [1.29, 1.82) is 0 Å². The van der Waals surface area contributed by atoms with Gasteiger partial charge in [-0.15, -0.1) is 0 Å². The van der Waals surface area contributed by atoms with Crippen molar-refractivity contribution in [3.63, 3.8) is 0 Å². The van der Waals surface area contributed by atoms with Gasteiger partial charge in [0.15, 0.2) is 11.5 Å². The minimum atomic E-state index is -3.61. The number of nitrogens with zero attached hydrogens (tertiary/aromatic N) is 5. The molecule has 338 valence electrons. The molecular formula is C48H62N6O8S. The van der Waals surface area contributed by atoms with Gasteiger partial charge in [0, 0.05) is 44.9 Å². The maximum Gasteiger partial charge on any atom is 0.264 e. The zero-order valence-corrected chi connectivity index (χ0v) is 37.7. The van der Waals surface area contributed by atoms with Crippen molar-refractivity contribution in [2.45, 2.75) is 75.8 Å². The number of methoxy groups -OCH3 is 1. The quantitative estimate of drug-likeness (QED) is 0.208. The Bertz CT molecular complexity index is 2260. The number of rotatable bonds is 15. The van der Waals surface area contributed by atoms with Crippen LogP contribution in [0.1, 0.15) is 107 Å². The van der Waals surface area contributed by atoms with Gasteiger partial charge in [-0.1, -0.05) is 36.4 Å². The van der Waals surface area contributed by atoms with E-state index >= 15 is 0 Å². The predicted octanol–water partition coefficient (Wildman–Crippen LogP) is 4.85. The number of anilines is 1. The maximum absolute atomic E-state index is 14.3. The third-order valence-corrected chi connectivity index (χ3v) is 14.8. The monoisotopic (exact) mass is 882 g/mol. The molecule has 0 spiro atoms. The molecule has 1 N–H and O–H groups in total. The number of hydrogen-bond donors (Lipinski definition) is 1. The molecule has 0 aromatic heterocycles. The fourth-order valence-electron chi connectivity index (χ4n) is 10.5. The molecule has 2 atom stereocenters. The van der Waals surface area contributed by atoms with Crippen LogP contribution in [0.4, 0.5) is 5.69 Å². The summed E-state index contributed by atoms with van der Waals surface area (Å²) in [5.74, 6) is -0.571. The normalized spacial score (nSPS) is 21.7. The van der Waals surface area contributed by atoms with Crippen molar-refractivity contribution >= 4 is 39.2 Å². The topological polar surface area (TPSA) is 149 Å². The number of carbonyl (C=O) groups excluding carboxylic acids is 4. The fourth-order valence-corrected chi connectivity index (χ4v) is 11.4. The van der Waals surface area contributed by atoms with E-state index in [1.54, 1.807) is 24.3 Å². The van der Waals surface area contributed by atoms with Gasteiger partial charge < -0.3 is 24.2 Å². The molecule has 8 rings (SSSR count). The van der Waals surface area contributed by atoms with Crippen molar-refractivity contribution in [1.82, 2.24) is 24.9 Å². The number of carbonyl (C=O) groups is 4. The number of sulfone groups is 1. The Hall–Kier alpha value is -4.83. The molecule has 15 heteroatoms. The molecule has 0 bridgehead atoms. The fraction of sp³-hybridized carbons (Fsp3) is 0.542. The van der Waals surface area contributed by atoms with E-state index in [2.05, 4.69) is 49.2 Å². The summed E-state index contributed by atoms with van der Waals surface area (Å²) >= 11 is 0. The lowest BCUT2D eigenvalue weighted by Crippen LogP contribution is -2.53. The van der Waals surface area contributed by atoms with Crippen LogP contribution in [0, 0.1) is 0 Å². The predicted molar refractivity (Wildman–Crippen MR) is 241 cm³/mol. The molecule has 3 aromatic rings. The van der Waals surface area contributed by atoms with Crippen LogP contribution in [0.5, 0.6) is 11.5 Å². The van der Waals surface area contributed by atoms with Crippen molar-refractivity contribution in [3.8, 4) is 11.5 Å². The summed E-state index contributed by atoms with van der Waals surface area (Å²) < 4.78 is 36.7. The number of nitrogens with one attached hydrogen (secondary N) is 1. The summed E-state index contributed by atoms with van der Waals surface area (Å²) in [6.45, 7) is 12.0.